The number of nitro benzene ring substituents is 1. The number of rotatable bonds is 4. The van der Waals surface area contributed by atoms with Crippen molar-refractivity contribution < 1.29 is 4.92 Å². The zero-order valence-electron chi connectivity index (χ0n) is 12.3. The van der Waals surface area contributed by atoms with Gasteiger partial charge in [-0.05, 0) is 37.3 Å². The van der Waals surface area contributed by atoms with Crippen LogP contribution in [0.25, 0.3) is 10.9 Å². The van der Waals surface area contributed by atoms with Gasteiger partial charge in [0.1, 0.15) is 0 Å². The predicted molar refractivity (Wildman–Crippen MR) is 83.6 cm³/mol. The molecule has 0 bridgehead atoms. The molecule has 0 atom stereocenters. The van der Waals surface area contributed by atoms with Crippen LogP contribution >= 0.6 is 0 Å². The van der Waals surface area contributed by atoms with Crippen molar-refractivity contribution in [1.29, 1.82) is 0 Å². The summed E-state index contributed by atoms with van der Waals surface area (Å²) in [7, 11) is 0. The van der Waals surface area contributed by atoms with Crippen LogP contribution in [0.3, 0.4) is 0 Å². The van der Waals surface area contributed by atoms with Gasteiger partial charge in [-0.1, -0.05) is 13.3 Å². The van der Waals surface area contributed by atoms with Gasteiger partial charge in [-0.15, -0.1) is 0 Å². The molecule has 0 aliphatic heterocycles. The Balaban J connectivity index is 1.98. The van der Waals surface area contributed by atoms with Crippen molar-refractivity contribution in [3.63, 3.8) is 0 Å². The summed E-state index contributed by atoms with van der Waals surface area (Å²) in [6.07, 6.45) is 3.77. The molecule has 1 aromatic carbocycles. The molecule has 0 saturated heterocycles. The molecule has 2 aromatic rings. The minimum absolute atomic E-state index is 0.103. The summed E-state index contributed by atoms with van der Waals surface area (Å²) in [4.78, 5) is 15.0. The van der Waals surface area contributed by atoms with E-state index in [0.29, 0.717) is 5.41 Å². The molecule has 5 heteroatoms. The summed E-state index contributed by atoms with van der Waals surface area (Å²) in [6.45, 7) is 5.12. The second-order valence-corrected chi connectivity index (χ2v) is 6.29. The van der Waals surface area contributed by atoms with Crippen LogP contribution in [0.2, 0.25) is 0 Å². The molecule has 1 heterocycles. The molecule has 3 rings (SSSR count). The maximum Gasteiger partial charge on any atom is 0.270 e. The lowest BCUT2D eigenvalue weighted by Gasteiger charge is -2.38. The number of aryl methyl sites for hydroxylation is 1. The van der Waals surface area contributed by atoms with Crippen molar-refractivity contribution in [2.75, 3.05) is 11.9 Å². The number of non-ortho nitro benzene ring substituents is 1. The van der Waals surface area contributed by atoms with Gasteiger partial charge in [-0.2, -0.15) is 0 Å². The number of nitro groups is 1. The van der Waals surface area contributed by atoms with Crippen LogP contribution in [0.1, 0.15) is 31.9 Å². The Morgan fingerprint density at radius 1 is 1.38 bits per heavy atom. The smallest absolute Gasteiger partial charge is 0.270 e. The van der Waals surface area contributed by atoms with Gasteiger partial charge >= 0.3 is 0 Å². The lowest BCUT2D eigenvalue weighted by Crippen LogP contribution is -2.33. The van der Waals surface area contributed by atoms with E-state index >= 15 is 0 Å². The van der Waals surface area contributed by atoms with Crippen molar-refractivity contribution in [3.8, 4) is 0 Å². The second-order valence-electron chi connectivity index (χ2n) is 6.29. The number of anilines is 1. The normalized spacial score (nSPS) is 16.5. The fourth-order valence-electron chi connectivity index (χ4n) is 2.87. The molecule has 1 fully saturated rings. The summed E-state index contributed by atoms with van der Waals surface area (Å²) in [5, 5.41) is 15.3. The summed E-state index contributed by atoms with van der Waals surface area (Å²) in [5.41, 5.74) is 3.10. The molecule has 1 aliphatic carbocycles. The fraction of sp³-hybridized carbons (Fsp3) is 0.438. The molecule has 110 valence electrons. The van der Waals surface area contributed by atoms with Gasteiger partial charge in [0.05, 0.1) is 10.4 Å². The summed E-state index contributed by atoms with van der Waals surface area (Å²) >= 11 is 0. The number of nitrogens with zero attached hydrogens (tertiary/aromatic N) is 2. The standard InChI is InChI=1S/C16H19N3O2/c1-11-8-15(17-10-16(2)6-3-7-16)13-9-12(19(20)21)4-5-14(13)18-11/h4-5,8-9H,3,6-7,10H2,1-2H3,(H,17,18). The Morgan fingerprint density at radius 3 is 2.76 bits per heavy atom. The quantitative estimate of drug-likeness (QED) is 0.679. The lowest BCUT2D eigenvalue weighted by atomic mass is 9.70. The first-order valence-electron chi connectivity index (χ1n) is 7.27. The molecule has 0 radical (unpaired) electrons. The highest BCUT2D eigenvalue weighted by Crippen LogP contribution is 2.40. The van der Waals surface area contributed by atoms with Crippen molar-refractivity contribution in [2.24, 2.45) is 5.41 Å². The van der Waals surface area contributed by atoms with Gasteiger partial charge in [-0.3, -0.25) is 15.1 Å². The minimum atomic E-state index is -0.365. The lowest BCUT2D eigenvalue weighted by molar-refractivity contribution is -0.384. The Kier molecular flexibility index (Phi) is 3.27. The number of nitrogens with one attached hydrogen (secondary N) is 1. The van der Waals surface area contributed by atoms with E-state index in [1.165, 1.54) is 25.3 Å². The highest BCUT2D eigenvalue weighted by molar-refractivity contribution is 5.93. The molecule has 1 saturated carbocycles. The number of hydrogen-bond acceptors (Lipinski definition) is 4. The van der Waals surface area contributed by atoms with E-state index in [0.717, 1.165) is 28.8 Å². The highest BCUT2D eigenvalue weighted by Gasteiger charge is 2.31. The molecule has 5 nitrogen and oxygen atoms in total. The van der Waals surface area contributed by atoms with Gasteiger partial charge in [0, 0.05) is 35.4 Å². The number of pyridine rings is 1. The number of benzene rings is 1. The predicted octanol–water partition coefficient (Wildman–Crippen LogP) is 4.05. The van der Waals surface area contributed by atoms with Crippen molar-refractivity contribution in [2.45, 2.75) is 33.1 Å². The first-order valence-corrected chi connectivity index (χ1v) is 7.27. The van der Waals surface area contributed by atoms with E-state index < -0.39 is 0 Å². The number of aromatic nitrogens is 1. The van der Waals surface area contributed by atoms with Crippen LogP contribution in [0, 0.1) is 22.5 Å². The minimum Gasteiger partial charge on any atom is -0.384 e. The van der Waals surface area contributed by atoms with Gasteiger partial charge in [-0.25, -0.2) is 0 Å². The molecule has 1 aromatic heterocycles. The van der Waals surface area contributed by atoms with E-state index in [2.05, 4.69) is 17.2 Å². The fourth-order valence-corrected chi connectivity index (χ4v) is 2.87. The monoisotopic (exact) mass is 285 g/mol. The van der Waals surface area contributed by atoms with E-state index in [1.54, 1.807) is 12.1 Å². The van der Waals surface area contributed by atoms with Crippen molar-refractivity contribution in [1.82, 2.24) is 4.98 Å². The summed E-state index contributed by atoms with van der Waals surface area (Å²) in [5.74, 6) is 0. The molecule has 21 heavy (non-hydrogen) atoms. The third-order valence-electron chi connectivity index (χ3n) is 4.40. The number of hydrogen-bond donors (Lipinski definition) is 1. The largest absolute Gasteiger partial charge is 0.384 e. The SMILES string of the molecule is Cc1cc(NCC2(C)CCC2)c2cc([N+](=O)[O-])ccc2n1. The topological polar surface area (TPSA) is 68.1 Å². The Morgan fingerprint density at radius 2 is 2.14 bits per heavy atom. The number of fused-ring (bicyclic) bond motifs is 1. The average Bonchev–Trinajstić information content (AvgIpc) is 2.42. The molecule has 0 unspecified atom stereocenters. The van der Waals surface area contributed by atoms with E-state index in [9.17, 15) is 10.1 Å². The molecular weight excluding hydrogens is 266 g/mol. The first kappa shape index (κ1) is 13.8. The van der Waals surface area contributed by atoms with Crippen LogP contribution < -0.4 is 5.32 Å². The molecule has 0 amide bonds. The van der Waals surface area contributed by atoms with Gasteiger partial charge in [0.15, 0.2) is 0 Å². The van der Waals surface area contributed by atoms with E-state index in [1.807, 2.05) is 13.0 Å². The van der Waals surface area contributed by atoms with Crippen molar-refractivity contribution >= 4 is 22.3 Å². The maximum atomic E-state index is 11.0. The van der Waals surface area contributed by atoms with Crippen LogP contribution in [0.5, 0.6) is 0 Å². The molecule has 0 spiro atoms. The highest BCUT2D eigenvalue weighted by atomic mass is 16.6. The summed E-state index contributed by atoms with van der Waals surface area (Å²) in [6, 6.07) is 6.80. The maximum absolute atomic E-state index is 11.0. The Labute approximate surface area is 123 Å². The molecular formula is C16H19N3O2. The van der Waals surface area contributed by atoms with Crippen LogP contribution in [-0.2, 0) is 0 Å². The zero-order chi connectivity index (χ0) is 15.0. The third kappa shape index (κ3) is 2.68. The third-order valence-corrected chi connectivity index (χ3v) is 4.40. The first-order chi connectivity index (χ1) is 9.97. The summed E-state index contributed by atoms with van der Waals surface area (Å²) < 4.78 is 0. The average molecular weight is 285 g/mol. The molecule has 1 aliphatic rings. The molecule has 1 N–H and O–H groups in total. The Hall–Kier alpha value is -2.17. The second kappa shape index (κ2) is 4.98. The van der Waals surface area contributed by atoms with Crippen LogP contribution in [0.4, 0.5) is 11.4 Å². The van der Waals surface area contributed by atoms with Crippen LogP contribution in [-0.4, -0.2) is 16.5 Å². The zero-order valence-corrected chi connectivity index (χ0v) is 12.3. The van der Waals surface area contributed by atoms with Crippen molar-refractivity contribution in [3.05, 3.63) is 40.1 Å². The van der Waals surface area contributed by atoms with Crippen LogP contribution in [0.15, 0.2) is 24.3 Å². The van der Waals surface area contributed by atoms with E-state index in [4.69, 9.17) is 0 Å². The van der Waals surface area contributed by atoms with Gasteiger partial charge in [0.25, 0.3) is 5.69 Å². The Bertz CT molecular complexity index is 708. The van der Waals surface area contributed by atoms with Gasteiger partial charge in [0.2, 0.25) is 0 Å². The van der Waals surface area contributed by atoms with E-state index in [-0.39, 0.29) is 10.6 Å². The van der Waals surface area contributed by atoms with Gasteiger partial charge < -0.3 is 5.32 Å².